The molecule has 2 aromatic carbocycles. The van der Waals surface area contributed by atoms with Crippen LogP contribution >= 0.6 is 0 Å². The number of hydrogen-bond donors (Lipinski definition) is 2. The van der Waals surface area contributed by atoms with Crippen LogP contribution in [0.4, 0.5) is 5.69 Å². The molecule has 2 aliphatic rings. The molecule has 2 saturated heterocycles. The van der Waals surface area contributed by atoms with Crippen molar-refractivity contribution in [1.82, 2.24) is 10.2 Å². The number of ether oxygens (including phenoxy) is 2. The molecule has 1 unspecified atom stereocenters. The molecular weight excluding hydrogens is 404 g/mol. The first-order valence-electron chi connectivity index (χ1n) is 11.4. The summed E-state index contributed by atoms with van der Waals surface area (Å²) in [6.07, 6.45) is 3.55. The largest absolute Gasteiger partial charge is 0.490 e. The molecule has 0 aliphatic carbocycles. The first-order chi connectivity index (χ1) is 15.7. The lowest BCUT2D eigenvalue weighted by molar-refractivity contribution is -0.124. The average molecular weight is 437 g/mol. The molecule has 2 heterocycles. The van der Waals surface area contributed by atoms with Gasteiger partial charge in [0, 0.05) is 51.8 Å². The van der Waals surface area contributed by atoms with Crippen LogP contribution in [0.1, 0.15) is 31.2 Å². The van der Waals surface area contributed by atoms with Gasteiger partial charge in [0.25, 0.3) is 5.91 Å². The number of aliphatic imine (C=N–C) groups is 1. The zero-order valence-corrected chi connectivity index (χ0v) is 18.6. The van der Waals surface area contributed by atoms with E-state index in [4.69, 9.17) is 9.47 Å². The molecular formula is C25H32N4O3. The fraction of sp³-hybridized carbons (Fsp3) is 0.440. The predicted octanol–water partition coefficient (Wildman–Crippen LogP) is 3.42. The van der Waals surface area contributed by atoms with Gasteiger partial charge in [-0.3, -0.25) is 9.79 Å². The second kappa shape index (κ2) is 11.0. The number of nitrogens with zero attached hydrogens (tertiary/aromatic N) is 2. The molecule has 0 radical (unpaired) electrons. The number of anilines is 1. The van der Waals surface area contributed by atoms with Crippen LogP contribution in [-0.2, 0) is 16.1 Å². The number of nitrogens with one attached hydrogen (secondary N) is 2. The number of rotatable bonds is 6. The molecule has 7 heteroatoms. The summed E-state index contributed by atoms with van der Waals surface area (Å²) in [4.78, 5) is 19.0. The van der Waals surface area contributed by atoms with Crippen molar-refractivity contribution in [2.45, 2.75) is 44.4 Å². The second-order valence-corrected chi connectivity index (χ2v) is 8.21. The summed E-state index contributed by atoms with van der Waals surface area (Å²) >= 11 is 0. The van der Waals surface area contributed by atoms with E-state index >= 15 is 0 Å². The summed E-state index contributed by atoms with van der Waals surface area (Å²) in [5.74, 6) is 1.75. The molecule has 0 spiro atoms. The quantitative estimate of drug-likeness (QED) is 0.536. The number of carbonyl (C=O) groups is 1. The summed E-state index contributed by atoms with van der Waals surface area (Å²) in [6, 6.07) is 17.9. The maximum Gasteiger partial charge on any atom is 0.253 e. The SMILES string of the molecule is CN=C(NCc1cccc(NC(=O)C2CCCO2)c1)N1CCC(Oc2ccccc2)CC1. The third-order valence-electron chi connectivity index (χ3n) is 5.87. The predicted molar refractivity (Wildman–Crippen MR) is 126 cm³/mol. The van der Waals surface area contributed by atoms with Crippen molar-refractivity contribution in [3.63, 3.8) is 0 Å². The van der Waals surface area contributed by atoms with Gasteiger partial charge in [-0.25, -0.2) is 0 Å². The van der Waals surface area contributed by atoms with Gasteiger partial charge in [0.2, 0.25) is 0 Å². The Morgan fingerprint density at radius 1 is 1.12 bits per heavy atom. The zero-order chi connectivity index (χ0) is 22.2. The first-order valence-corrected chi connectivity index (χ1v) is 11.4. The van der Waals surface area contributed by atoms with Crippen molar-refractivity contribution in [3.8, 4) is 5.75 Å². The Bertz CT molecular complexity index is 904. The van der Waals surface area contributed by atoms with E-state index in [0.29, 0.717) is 13.2 Å². The van der Waals surface area contributed by atoms with E-state index < -0.39 is 0 Å². The molecule has 1 atom stereocenters. The minimum atomic E-state index is -0.329. The summed E-state index contributed by atoms with van der Waals surface area (Å²) in [6.45, 7) is 3.09. The molecule has 0 saturated carbocycles. The number of benzene rings is 2. The van der Waals surface area contributed by atoms with Gasteiger partial charge in [0.05, 0.1) is 0 Å². The van der Waals surface area contributed by atoms with Crippen LogP contribution in [0.15, 0.2) is 59.6 Å². The highest BCUT2D eigenvalue weighted by atomic mass is 16.5. The van der Waals surface area contributed by atoms with E-state index in [0.717, 1.165) is 61.7 Å². The fourth-order valence-electron chi connectivity index (χ4n) is 4.16. The van der Waals surface area contributed by atoms with Crippen LogP contribution in [0.25, 0.3) is 0 Å². The third kappa shape index (κ3) is 6.01. The van der Waals surface area contributed by atoms with Crippen LogP contribution < -0.4 is 15.4 Å². The Morgan fingerprint density at radius 2 is 1.94 bits per heavy atom. The summed E-state index contributed by atoms with van der Waals surface area (Å²) in [7, 11) is 1.81. The summed E-state index contributed by atoms with van der Waals surface area (Å²) in [5, 5.41) is 6.42. The normalized spacial score (nSPS) is 19.6. The molecule has 7 nitrogen and oxygen atoms in total. The van der Waals surface area contributed by atoms with Crippen LogP contribution in [0, 0.1) is 0 Å². The highest BCUT2D eigenvalue weighted by molar-refractivity contribution is 5.94. The van der Waals surface area contributed by atoms with Gasteiger partial charge in [-0.15, -0.1) is 0 Å². The lowest BCUT2D eigenvalue weighted by Gasteiger charge is -2.34. The second-order valence-electron chi connectivity index (χ2n) is 8.21. The van der Waals surface area contributed by atoms with Crippen molar-refractivity contribution in [1.29, 1.82) is 0 Å². The Balaban J connectivity index is 1.25. The van der Waals surface area contributed by atoms with E-state index in [1.807, 2.05) is 61.6 Å². The lowest BCUT2D eigenvalue weighted by atomic mass is 10.1. The molecule has 170 valence electrons. The summed E-state index contributed by atoms with van der Waals surface area (Å²) < 4.78 is 11.6. The van der Waals surface area contributed by atoms with E-state index in [1.165, 1.54) is 0 Å². The van der Waals surface area contributed by atoms with E-state index in [2.05, 4.69) is 20.5 Å². The minimum Gasteiger partial charge on any atom is -0.490 e. The zero-order valence-electron chi connectivity index (χ0n) is 18.6. The Kier molecular flexibility index (Phi) is 7.61. The number of para-hydroxylation sites is 1. The number of likely N-dealkylation sites (tertiary alicyclic amines) is 1. The molecule has 2 aliphatic heterocycles. The van der Waals surface area contributed by atoms with E-state index in [1.54, 1.807) is 0 Å². The minimum absolute atomic E-state index is 0.0657. The number of guanidine groups is 1. The van der Waals surface area contributed by atoms with Crippen molar-refractivity contribution < 1.29 is 14.3 Å². The topological polar surface area (TPSA) is 75.2 Å². The van der Waals surface area contributed by atoms with Gasteiger partial charge >= 0.3 is 0 Å². The maximum absolute atomic E-state index is 12.3. The molecule has 4 rings (SSSR count). The molecule has 2 aromatic rings. The fourth-order valence-corrected chi connectivity index (χ4v) is 4.16. The maximum atomic E-state index is 12.3. The molecule has 0 bridgehead atoms. The van der Waals surface area contributed by atoms with Crippen LogP contribution in [0.3, 0.4) is 0 Å². The smallest absolute Gasteiger partial charge is 0.253 e. The number of amides is 1. The van der Waals surface area contributed by atoms with Crippen molar-refractivity contribution in [3.05, 3.63) is 60.2 Å². The third-order valence-corrected chi connectivity index (χ3v) is 5.87. The van der Waals surface area contributed by atoms with Crippen molar-refractivity contribution >= 4 is 17.6 Å². The van der Waals surface area contributed by atoms with Crippen LogP contribution in [-0.4, -0.2) is 55.7 Å². The van der Waals surface area contributed by atoms with E-state index in [9.17, 15) is 4.79 Å². The van der Waals surface area contributed by atoms with Crippen LogP contribution in [0.2, 0.25) is 0 Å². The standard InChI is InChI=1S/C25H32N4O3/c1-26-25(29-14-12-22(13-15-29)32-21-9-3-2-4-10-21)27-18-19-7-5-8-20(17-19)28-24(30)23-11-6-16-31-23/h2-5,7-10,17,22-23H,6,11-16,18H2,1H3,(H,26,27)(H,28,30). The number of hydrogen-bond acceptors (Lipinski definition) is 4. The Hall–Kier alpha value is -3.06. The monoisotopic (exact) mass is 436 g/mol. The van der Waals surface area contributed by atoms with Crippen molar-refractivity contribution in [2.24, 2.45) is 4.99 Å². The van der Waals surface area contributed by atoms with Gasteiger partial charge in [0.15, 0.2) is 5.96 Å². The number of carbonyl (C=O) groups excluding carboxylic acids is 1. The van der Waals surface area contributed by atoms with Gasteiger partial charge in [-0.05, 0) is 42.7 Å². The number of piperidine rings is 1. The first kappa shape index (κ1) is 22.1. The lowest BCUT2D eigenvalue weighted by Crippen LogP contribution is -2.47. The Labute approximate surface area is 189 Å². The van der Waals surface area contributed by atoms with Gasteiger partial charge < -0.3 is 25.0 Å². The van der Waals surface area contributed by atoms with Crippen LogP contribution in [0.5, 0.6) is 5.75 Å². The van der Waals surface area contributed by atoms with Crippen molar-refractivity contribution in [2.75, 3.05) is 32.1 Å². The molecule has 1 amide bonds. The van der Waals surface area contributed by atoms with Gasteiger partial charge in [-0.2, -0.15) is 0 Å². The molecule has 0 aromatic heterocycles. The summed E-state index contributed by atoms with van der Waals surface area (Å²) in [5.41, 5.74) is 1.87. The average Bonchev–Trinajstić information content (AvgIpc) is 3.37. The highest BCUT2D eigenvalue weighted by Gasteiger charge is 2.24. The van der Waals surface area contributed by atoms with Gasteiger partial charge in [-0.1, -0.05) is 30.3 Å². The molecule has 32 heavy (non-hydrogen) atoms. The Morgan fingerprint density at radius 3 is 2.66 bits per heavy atom. The van der Waals surface area contributed by atoms with E-state index in [-0.39, 0.29) is 18.1 Å². The molecule has 2 N–H and O–H groups in total. The highest BCUT2D eigenvalue weighted by Crippen LogP contribution is 2.19. The van der Waals surface area contributed by atoms with Gasteiger partial charge in [0.1, 0.15) is 18.0 Å². The molecule has 2 fully saturated rings.